The summed E-state index contributed by atoms with van der Waals surface area (Å²) in [6.07, 6.45) is 4.30. The number of pyridine rings is 1. The molecule has 3 heterocycles. The molecule has 1 aliphatic heterocycles. The summed E-state index contributed by atoms with van der Waals surface area (Å²) < 4.78 is 5.82. The molecule has 1 aliphatic rings. The number of aromatic nitrogens is 1. The molecule has 5 nitrogen and oxygen atoms in total. The van der Waals surface area contributed by atoms with E-state index in [0.717, 1.165) is 24.3 Å². The minimum atomic E-state index is -0.0292. The molecule has 3 rings (SSSR count). The number of hydrogen-bond donors (Lipinski definition) is 1. The number of ether oxygens (including phenoxy) is 1. The second-order valence-electron chi connectivity index (χ2n) is 4.95. The average Bonchev–Trinajstić information content (AvgIpc) is 3.17. The lowest BCUT2D eigenvalue weighted by atomic mass is 10.3. The highest BCUT2D eigenvalue weighted by molar-refractivity contribution is 7.07. The van der Waals surface area contributed by atoms with Crippen LogP contribution < -0.4 is 10.1 Å². The van der Waals surface area contributed by atoms with Crippen molar-refractivity contribution in [1.82, 2.24) is 15.2 Å². The SMILES string of the molecule is O=C(NCc1ccsc1)N1CC[C@H](Oc2cccnc2)C1. The van der Waals surface area contributed by atoms with Gasteiger partial charge in [0.25, 0.3) is 0 Å². The van der Waals surface area contributed by atoms with Crippen LogP contribution in [-0.4, -0.2) is 35.1 Å². The van der Waals surface area contributed by atoms with Gasteiger partial charge in [-0.25, -0.2) is 4.79 Å². The Morgan fingerprint density at radius 2 is 2.48 bits per heavy atom. The molecular formula is C15H17N3O2S. The van der Waals surface area contributed by atoms with Gasteiger partial charge in [0.1, 0.15) is 11.9 Å². The third-order valence-corrected chi connectivity index (χ3v) is 4.13. The van der Waals surface area contributed by atoms with Crippen LogP contribution in [0.25, 0.3) is 0 Å². The third-order valence-electron chi connectivity index (χ3n) is 3.39. The Morgan fingerprint density at radius 1 is 1.52 bits per heavy atom. The molecule has 110 valence electrons. The van der Waals surface area contributed by atoms with Crippen LogP contribution in [0.4, 0.5) is 4.79 Å². The zero-order chi connectivity index (χ0) is 14.5. The highest BCUT2D eigenvalue weighted by Crippen LogP contribution is 2.17. The Morgan fingerprint density at radius 3 is 3.24 bits per heavy atom. The molecule has 0 unspecified atom stereocenters. The van der Waals surface area contributed by atoms with E-state index in [-0.39, 0.29) is 12.1 Å². The Hall–Kier alpha value is -2.08. The summed E-state index contributed by atoms with van der Waals surface area (Å²) >= 11 is 1.63. The van der Waals surface area contributed by atoms with Crippen LogP contribution in [0.15, 0.2) is 41.4 Å². The lowest BCUT2D eigenvalue weighted by Crippen LogP contribution is -2.39. The smallest absolute Gasteiger partial charge is 0.317 e. The number of nitrogens with zero attached hydrogens (tertiary/aromatic N) is 2. The molecule has 0 aromatic carbocycles. The number of urea groups is 1. The zero-order valence-corrected chi connectivity index (χ0v) is 12.4. The number of hydrogen-bond acceptors (Lipinski definition) is 4. The van der Waals surface area contributed by atoms with E-state index in [1.807, 2.05) is 29.0 Å². The molecule has 6 heteroatoms. The fourth-order valence-corrected chi connectivity index (χ4v) is 2.97. The molecule has 1 fully saturated rings. The van der Waals surface area contributed by atoms with Crippen LogP contribution in [0.5, 0.6) is 5.75 Å². The van der Waals surface area contributed by atoms with Crippen molar-refractivity contribution in [2.75, 3.05) is 13.1 Å². The van der Waals surface area contributed by atoms with Crippen molar-refractivity contribution in [2.24, 2.45) is 0 Å². The first-order valence-electron chi connectivity index (χ1n) is 6.92. The number of nitrogens with one attached hydrogen (secondary N) is 1. The molecule has 2 aromatic heterocycles. The Kier molecular flexibility index (Phi) is 4.35. The van der Waals surface area contributed by atoms with Gasteiger partial charge in [0.05, 0.1) is 12.7 Å². The normalized spacial score (nSPS) is 17.7. The van der Waals surface area contributed by atoms with Gasteiger partial charge in [-0.05, 0) is 34.5 Å². The van der Waals surface area contributed by atoms with E-state index in [2.05, 4.69) is 10.3 Å². The van der Waals surface area contributed by atoms with Gasteiger partial charge < -0.3 is 15.0 Å². The average molecular weight is 303 g/mol. The first kappa shape index (κ1) is 13.9. The van der Waals surface area contributed by atoms with Crippen molar-refractivity contribution in [3.8, 4) is 5.75 Å². The Balaban J connectivity index is 1.46. The molecule has 0 bridgehead atoms. The summed E-state index contributed by atoms with van der Waals surface area (Å²) in [5.41, 5.74) is 1.13. The summed E-state index contributed by atoms with van der Waals surface area (Å²) in [6.45, 7) is 1.91. The molecule has 1 saturated heterocycles. The largest absolute Gasteiger partial charge is 0.487 e. The van der Waals surface area contributed by atoms with Gasteiger partial charge in [0, 0.05) is 25.7 Å². The van der Waals surface area contributed by atoms with Crippen LogP contribution in [0, 0.1) is 0 Å². The van der Waals surface area contributed by atoms with E-state index in [4.69, 9.17) is 4.74 Å². The van der Waals surface area contributed by atoms with Crippen molar-refractivity contribution >= 4 is 17.4 Å². The van der Waals surface area contributed by atoms with Gasteiger partial charge in [-0.15, -0.1) is 0 Å². The Labute approximate surface area is 127 Å². The molecule has 1 atom stereocenters. The van der Waals surface area contributed by atoms with Gasteiger partial charge in [-0.2, -0.15) is 11.3 Å². The molecule has 1 N–H and O–H groups in total. The van der Waals surface area contributed by atoms with Crippen molar-refractivity contribution in [1.29, 1.82) is 0 Å². The lowest BCUT2D eigenvalue weighted by molar-refractivity contribution is 0.186. The molecule has 0 spiro atoms. The molecule has 21 heavy (non-hydrogen) atoms. The van der Waals surface area contributed by atoms with Crippen LogP contribution in [0.3, 0.4) is 0 Å². The highest BCUT2D eigenvalue weighted by atomic mass is 32.1. The number of thiophene rings is 1. The molecule has 2 amide bonds. The van der Waals surface area contributed by atoms with Crippen LogP contribution >= 0.6 is 11.3 Å². The van der Waals surface area contributed by atoms with Crippen molar-refractivity contribution in [3.63, 3.8) is 0 Å². The fourth-order valence-electron chi connectivity index (χ4n) is 2.30. The number of amides is 2. The minimum Gasteiger partial charge on any atom is -0.487 e. The van der Waals surface area contributed by atoms with E-state index in [1.165, 1.54) is 0 Å². The van der Waals surface area contributed by atoms with Gasteiger partial charge in [-0.3, -0.25) is 4.98 Å². The summed E-state index contributed by atoms with van der Waals surface area (Å²) in [6, 6.07) is 5.71. The second-order valence-corrected chi connectivity index (χ2v) is 5.73. The third kappa shape index (κ3) is 3.72. The predicted octanol–water partition coefficient (Wildman–Crippen LogP) is 2.51. The maximum atomic E-state index is 12.1. The number of likely N-dealkylation sites (tertiary alicyclic amines) is 1. The maximum Gasteiger partial charge on any atom is 0.317 e. The first-order valence-corrected chi connectivity index (χ1v) is 7.86. The summed E-state index contributed by atoms with van der Waals surface area (Å²) in [7, 11) is 0. The van der Waals surface area contributed by atoms with E-state index in [0.29, 0.717) is 13.1 Å². The topological polar surface area (TPSA) is 54.5 Å². The first-order chi connectivity index (χ1) is 10.3. The quantitative estimate of drug-likeness (QED) is 0.944. The summed E-state index contributed by atoms with van der Waals surface area (Å²) in [5, 5.41) is 6.99. The van der Waals surface area contributed by atoms with Crippen LogP contribution in [0.2, 0.25) is 0 Å². The molecule has 0 radical (unpaired) electrons. The molecule has 0 saturated carbocycles. The number of carbonyl (C=O) groups is 1. The molecular weight excluding hydrogens is 286 g/mol. The zero-order valence-electron chi connectivity index (χ0n) is 11.6. The molecule has 2 aromatic rings. The van der Waals surface area contributed by atoms with Gasteiger partial charge in [-0.1, -0.05) is 0 Å². The van der Waals surface area contributed by atoms with Crippen LogP contribution in [0.1, 0.15) is 12.0 Å². The van der Waals surface area contributed by atoms with E-state index in [1.54, 1.807) is 28.6 Å². The standard InChI is InChI=1S/C15H17N3O2S/c19-15(17-8-12-4-7-21-11-12)18-6-3-14(10-18)20-13-2-1-5-16-9-13/h1-2,4-5,7,9,11,14H,3,6,8,10H2,(H,17,19)/t14-/m0/s1. The van der Waals surface area contributed by atoms with Gasteiger partial charge in [0.15, 0.2) is 0 Å². The van der Waals surface area contributed by atoms with Gasteiger partial charge >= 0.3 is 6.03 Å². The predicted molar refractivity (Wildman–Crippen MR) is 81.4 cm³/mol. The number of rotatable bonds is 4. The van der Waals surface area contributed by atoms with E-state index < -0.39 is 0 Å². The number of carbonyl (C=O) groups excluding carboxylic acids is 1. The van der Waals surface area contributed by atoms with E-state index in [9.17, 15) is 4.79 Å². The maximum absolute atomic E-state index is 12.1. The van der Waals surface area contributed by atoms with Crippen molar-refractivity contribution in [2.45, 2.75) is 19.1 Å². The summed E-state index contributed by atoms with van der Waals surface area (Å²) in [4.78, 5) is 17.9. The fraction of sp³-hybridized carbons (Fsp3) is 0.333. The van der Waals surface area contributed by atoms with Crippen molar-refractivity contribution < 1.29 is 9.53 Å². The second kappa shape index (κ2) is 6.58. The monoisotopic (exact) mass is 303 g/mol. The molecule has 0 aliphatic carbocycles. The van der Waals surface area contributed by atoms with Crippen molar-refractivity contribution in [3.05, 3.63) is 46.9 Å². The Bertz CT molecular complexity index is 574. The van der Waals surface area contributed by atoms with Crippen LogP contribution in [-0.2, 0) is 6.54 Å². The van der Waals surface area contributed by atoms with E-state index >= 15 is 0 Å². The highest BCUT2D eigenvalue weighted by Gasteiger charge is 2.27. The minimum absolute atomic E-state index is 0.0292. The lowest BCUT2D eigenvalue weighted by Gasteiger charge is -2.17. The van der Waals surface area contributed by atoms with Gasteiger partial charge in [0.2, 0.25) is 0 Å². The summed E-state index contributed by atoms with van der Waals surface area (Å²) in [5.74, 6) is 0.753.